The SMILES string of the molecule is O=C(NC(=S)Nc1ccc(F)c(Cl)c1)c1ccc([N+](=O)[O-])cc1. The first-order chi connectivity index (χ1) is 10.9. The Morgan fingerprint density at radius 2 is 1.87 bits per heavy atom. The summed E-state index contributed by atoms with van der Waals surface area (Å²) >= 11 is 10.6. The standard InChI is InChI=1S/C14H9ClFN3O3S/c15-11-7-9(3-6-12(11)16)17-14(23)18-13(20)8-1-4-10(5-2-8)19(21)22/h1-7H,(H2,17,18,20,23). The van der Waals surface area contributed by atoms with Gasteiger partial charge in [0, 0.05) is 23.4 Å². The van der Waals surface area contributed by atoms with Crippen LogP contribution in [0.15, 0.2) is 42.5 Å². The molecule has 2 aromatic rings. The second-order valence-corrected chi connectivity index (χ2v) is 5.16. The number of carbonyl (C=O) groups is 1. The van der Waals surface area contributed by atoms with Crippen LogP contribution < -0.4 is 10.6 Å². The molecule has 0 aliphatic heterocycles. The molecule has 2 N–H and O–H groups in total. The van der Waals surface area contributed by atoms with E-state index in [2.05, 4.69) is 10.6 Å². The molecule has 0 saturated carbocycles. The summed E-state index contributed by atoms with van der Waals surface area (Å²) in [5.74, 6) is -1.11. The Hall–Kier alpha value is -2.58. The third-order valence-electron chi connectivity index (χ3n) is 2.74. The number of nitro groups is 1. The fraction of sp³-hybridized carbons (Fsp3) is 0. The Morgan fingerprint density at radius 3 is 2.43 bits per heavy atom. The van der Waals surface area contributed by atoms with E-state index in [-0.39, 0.29) is 21.4 Å². The maximum Gasteiger partial charge on any atom is 0.269 e. The molecule has 0 heterocycles. The number of carbonyl (C=O) groups excluding carboxylic acids is 1. The average molecular weight is 354 g/mol. The van der Waals surface area contributed by atoms with Crippen LogP contribution in [0.4, 0.5) is 15.8 Å². The fourth-order valence-electron chi connectivity index (χ4n) is 1.65. The first kappa shape index (κ1) is 16.8. The first-order valence-corrected chi connectivity index (χ1v) is 6.97. The molecule has 2 rings (SSSR count). The highest BCUT2D eigenvalue weighted by molar-refractivity contribution is 7.80. The Balaban J connectivity index is 2.00. The molecule has 0 aliphatic rings. The van der Waals surface area contributed by atoms with E-state index in [1.165, 1.54) is 36.4 Å². The van der Waals surface area contributed by atoms with E-state index < -0.39 is 16.6 Å². The molecule has 0 atom stereocenters. The molecule has 0 aromatic heterocycles. The van der Waals surface area contributed by atoms with Gasteiger partial charge < -0.3 is 5.32 Å². The minimum absolute atomic E-state index is 0.0176. The Kier molecular flexibility index (Phi) is 5.20. The van der Waals surface area contributed by atoms with E-state index in [9.17, 15) is 19.3 Å². The van der Waals surface area contributed by atoms with Crippen molar-refractivity contribution in [2.45, 2.75) is 0 Å². The maximum absolute atomic E-state index is 13.0. The number of hydrogen-bond acceptors (Lipinski definition) is 4. The van der Waals surface area contributed by atoms with Crippen molar-refractivity contribution < 1.29 is 14.1 Å². The number of non-ortho nitro benzene ring substituents is 1. The van der Waals surface area contributed by atoms with Gasteiger partial charge in [-0.25, -0.2) is 4.39 Å². The summed E-state index contributed by atoms with van der Waals surface area (Å²) in [4.78, 5) is 21.9. The van der Waals surface area contributed by atoms with Gasteiger partial charge in [-0.1, -0.05) is 11.6 Å². The molecule has 9 heteroatoms. The van der Waals surface area contributed by atoms with Gasteiger partial charge in [0.25, 0.3) is 11.6 Å². The topological polar surface area (TPSA) is 84.3 Å². The number of rotatable bonds is 3. The first-order valence-electron chi connectivity index (χ1n) is 6.18. The largest absolute Gasteiger partial charge is 0.332 e. The Bertz CT molecular complexity index is 783. The van der Waals surface area contributed by atoms with E-state index >= 15 is 0 Å². The smallest absolute Gasteiger partial charge is 0.269 e. The lowest BCUT2D eigenvalue weighted by molar-refractivity contribution is -0.384. The van der Waals surface area contributed by atoms with Gasteiger partial charge in [-0.2, -0.15) is 0 Å². The molecule has 0 unspecified atom stereocenters. The van der Waals surface area contributed by atoms with Crippen LogP contribution in [0.5, 0.6) is 0 Å². The summed E-state index contributed by atoms with van der Waals surface area (Å²) < 4.78 is 13.0. The number of nitro benzene ring substituents is 1. The van der Waals surface area contributed by atoms with Gasteiger partial charge in [-0.3, -0.25) is 20.2 Å². The van der Waals surface area contributed by atoms with E-state index in [0.29, 0.717) is 5.69 Å². The fourth-order valence-corrected chi connectivity index (χ4v) is 2.04. The van der Waals surface area contributed by atoms with Gasteiger partial charge in [0.1, 0.15) is 5.82 Å². The van der Waals surface area contributed by atoms with Gasteiger partial charge >= 0.3 is 0 Å². The van der Waals surface area contributed by atoms with Gasteiger partial charge in [0.05, 0.1) is 9.95 Å². The quantitative estimate of drug-likeness (QED) is 0.501. The molecule has 23 heavy (non-hydrogen) atoms. The van der Waals surface area contributed by atoms with Crippen LogP contribution >= 0.6 is 23.8 Å². The lowest BCUT2D eigenvalue weighted by atomic mass is 10.2. The third-order valence-corrected chi connectivity index (χ3v) is 3.24. The minimum Gasteiger partial charge on any atom is -0.332 e. The third kappa shape index (κ3) is 4.44. The van der Waals surface area contributed by atoms with Gasteiger partial charge in [0.15, 0.2) is 5.11 Å². The number of nitrogens with one attached hydrogen (secondary N) is 2. The zero-order valence-electron chi connectivity index (χ0n) is 11.4. The average Bonchev–Trinajstić information content (AvgIpc) is 2.51. The van der Waals surface area contributed by atoms with Crippen LogP contribution in [0.2, 0.25) is 5.02 Å². The molecule has 0 bridgehead atoms. The van der Waals surface area contributed by atoms with Crippen LogP contribution in [0.25, 0.3) is 0 Å². The molecule has 0 spiro atoms. The molecule has 0 aliphatic carbocycles. The molecule has 1 amide bonds. The van der Waals surface area contributed by atoms with Gasteiger partial charge in [-0.05, 0) is 42.5 Å². The Labute approximate surface area is 140 Å². The second kappa shape index (κ2) is 7.12. The lowest BCUT2D eigenvalue weighted by Gasteiger charge is -2.10. The minimum atomic E-state index is -0.571. The summed E-state index contributed by atoms with van der Waals surface area (Å²) in [7, 11) is 0. The molecule has 0 saturated heterocycles. The highest BCUT2D eigenvalue weighted by atomic mass is 35.5. The maximum atomic E-state index is 13.0. The van der Waals surface area contributed by atoms with E-state index in [1.54, 1.807) is 0 Å². The number of benzene rings is 2. The number of hydrogen-bond donors (Lipinski definition) is 2. The van der Waals surface area contributed by atoms with Crippen molar-refractivity contribution in [1.82, 2.24) is 5.32 Å². The molecule has 0 radical (unpaired) electrons. The molecule has 6 nitrogen and oxygen atoms in total. The van der Waals surface area contributed by atoms with Crippen molar-refractivity contribution in [2.24, 2.45) is 0 Å². The zero-order valence-corrected chi connectivity index (χ0v) is 13.0. The number of anilines is 1. The van der Waals surface area contributed by atoms with Crippen LogP contribution in [0.1, 0.15) is 10.4 Å². The molecule has 2 aromatic carbocycles. The summed E-state index contributed by atoms with van der Waals surface area (Å²) in [6.45, 7) is 0. The van der Waals surface area contributed by atoms with Crippen LogP contribution in [-0.2, 0) is 0 Å². The normalized spacial score (nSPS) is 10.0. The molecular formula is C14H9ClFN3O3S. The van der Waals surface area contributed by atoms with E-state index in [4.69, 9.17) is 23.8 Å². The van der Waals surface area contributed by atoms with Crippen molar-refractivity contribution in [1.29, 1.82) is 0 Å². The van der Waals surface area contributed by atoms with Crippen molar-refractivity contribution >= 4 is 46.2 Å². The van der Waals surface area contributed by atoms with E-state index in [1.807, 2.05) is 0 Å². The van der Waals surface area contributed by atoms with E-state index in [0.717, 1.165) is 6.07 Å². The summed E-state index contributed by atoms with van der Waals surface area (Å²) in [6.07, 6.45) is 0. The number of nitrogens with zero attached hydrogens (tertiary/aromatic N) is 1. The van der Waals surface area contributed by atoms with Crippen molar-refractivity contribution in [3.05, 3.63) is 69.0 Å². The Morgan fingerprint density at radius 1 is 1.22 bits per heavy atom. The number of amides is 1. The molecule has 118 valence electrons. The highest BCUT2D eigenvalue weighted by Gasteiger charge is 2.11. The van der Waals surface area contributed by atoms with Crippen molar-refractivity contribution in [3.63, 3.8) is 0 Å². The van der Waals surface area contributed by atoms with Crippen LogP contribution in [0, 0.1) is 15.9 Å². The van der Waals surface area contributed by atoms with Gasteiger partial charge in [-0.15, -0.1) is 0 Å². The predicted octanol–water partition coefficient (Wildman–Crippen LogP) is 3.51. The zero-order chi connectivity index (χ0) is 17.0. The van der Waals surface area contributed by atoms with Crippen molar-refractivity contribution in [2.75, 3.05) is 5.32 Å². The molecular weight excluding hydrogens is 345 g/mol. The van der Waals surface area contributed by atoms with Crippen LogP contribution in [-0.4, -0.2) is 15.9 Å². The van der Waals surface area contributed by atoms with Crippen molar-refractivity contribution in [3.8, 4) is 0 Å². The van der Waals surface area contributed by atoms with Crippen LogP contribution in [0.3, 0.4) is 0 Å². The summed E-state index contributed by atoms with van der Waals surface area (Å²) in [6, 6.07) is 8.93. The number of thiocarbonyl (C=S) groups is 1. The second-order valence-electron chi connectivity index (χ2n) is 4.34. The number of halogens is 2. The molecule has 0 fully saturated rings. The summed E-state index contributed by atoms with van der Waals surface area (Å²) in [5.41, 5.74) is 0.491. The predicted molar refractivity (Wildman–Crippen MR) is 88.2 cm³/mol. The highest BCUT2D eigenvalue weighted by Crippen LogP contribution is 2.19. The monoisotopic (exact) mass is 353 g/mol. The summed E-state index contributed by atoms with van der Waals surface area (Å²) in [5, 5.41) is 15.5. The van der Waals surface area contributed by atoms with Gasteiger partial charge in [0.2, 0.25) is 0 Å². The lowest BCUT2D eigenvalue weighted by Crippen LogP contribution is -2.34.